The molecule has 118 valence electrons. The molecule has 1 heterocycles. The molecule has 21 heavy (non-hydrogen) atoms. The lowest BCUT2D eigenvalue weighted by Gasteiger charge is -2.34. The highest BCUT2D eigenvalue weighted by Crippen LogP contribution is 2.29. The fourth-order valence-corrected chi connectivity index (χ4v) is 3.87. The Labute approximate surface area is 141 Å². The molecule has 0 aliphatic carbocycles. The van der Waals surface area contributed by atoms with Crippen molar-refractivity contribution in [1.29, 1.82) is 0 Å². The largest absolute Gasteiger partial charge is 0.388 e. The summed E-state index contributed by atoms with van der Waals surface area (Å²) in [6.07, 6.45) is 2.83. The van der Waals surface area contributed by atoms with E-state index in [9.17, 15) is 5.11 Å². The molecule has 1 aromatic carbocycles. The van der Waals surface area contributed by atoms with Crippen molar-refractivity contribution in [3.63, 3.8) is 0 Å². The van der Waals surface area contributed by atoms with E-state index in [0.29, 0.717) is 5.02 Å². The maximum Gasteiger partial charge on any atom is 0.0816 e. The monoisotopic (exact) mass is 373 g/mol. The van der Waals surface area contributed by atoms with Crippen molar-refractivity contribution in [2.75, 3.05) is 19.6 Å². The lowest BCUT2D eigenvalue weighted by atomic mass is 9.86. The van der Waals surface area contributed by atoms with E-state index in [-0.39, 0.29) is 0 Å². The Balaban J connectivity index is 1.81. The van der Waals surface area contributed by atoms with Crippen LogP contribution in [0.3, 0.4) is 0 Å². The van der Waals surface area contributed by atoms with Crippen LogP contribution in [-0.4, -0.2) is 29.6 Å². The molecule has 0 amide bonds. The zero-order valence-corrected chi connectivity index (χ0v) is 15.2. The minimum Gasteiger partial charge on any atom is -0.388 e. The van der Waals surface area contributed by atoms with Crippen molar-refractivity contribution in [3.05, 3.63) is 33.3 Å². The third-order valence-electron chi connectivity index (χ3n) is 4.62. The number of hydrogen-bond donors (Lipinski definition) is 1. The molecule has 1 saturated heterocycles. The molecule has 0 radical (unpaired) electrons. The van der Waals surface area contributed by atoms with Crippen LogP contribution in [0.2, 0.25) is 5.02 Å². The van der Waals surface area contributed by atoms with Gasteiger partial charge in [-0.1, -0.05) is 47.4 Å². The second kappa shape index (κ2) is 7.96. The predicted molar refractivity (Wildman–Crippen MR) is 92.7 cm³/mol. The van der Waals surface area contributed by atoms with Gasteiger partial charge < -0.3 is 10.0 Å². The first kappa shape index (κ1) is 17.3. The van der Waals surface area contributed by atoms with E-state index < -0.39 is 6.10 Å². The van der Waals surface area contributed by atoms with Crippen molar-refractivity contribution < 1.29 is 5.11 Å². The molecule has 0 spiro atoms. The molecule has 0 bridgehead atoms. The van der Waals surface area contributed by atoms with Crippen LogP contribution in [-0.2, 0) is 0 Å². The number of halogens is 2. The van der Waals surface area contributed by atoms with Crippen molar-refractivity contribution in [2.45, 2.75) is 39.2 Å². The summed E-state index contributed by atoms with van der Waals surface area (Å²) in [5, 5.41) is 11.0. The minimum atomic E-state index is -0.478. The quantitative estimate of drug-likeness (QED) is 0.793. The van der Waals surface area contributed by atoms with Gasteiger partial charge in [-0.2, -0.15) is 0 Å². The fourth-order valence-electron chi connectivity index (χ4n) is 3.08. The summed E-state index contributed by atoms with van der Waals surface area (Å²) in [5.41, 5.74) is 0.830. The Morgan fingerprint density at radius 2 is 2.00 bits per heavy atom. The topological polar surface area (TPSA) is 23.5 Å². The second-order valence-electron chi connectivity index (χ2n) is 6.39. The van der Waals surface area contributed by atoms with Crippen molar-refractivity contribution >= 4 is 27.5 Å². The van der Waals surface area contributed by atoms with Gasteiger partial charge in [-0.05, 0) is 61.9 Å². The first-order chi connectivity index (χ1) is 9.97. The van der Waals surface area contributed by atoms with Crippen LogP contribution in [0.1, 0.15) is 44.8 Å². The molecule has 0 aromatic heterocycles. The summed E-state index contributed by atoms with van der Waals surface area (Å²) >= 11 is 9.59. The molecule has 2 rings (SSSR count). The van der Waals surface area contributed by atoms with Gasteiger partial charge in [0.2, 0.25) is 0 Å². The lowest BCUT2D eigenvalue weighted by Crippen LogP contribution is -2.36. The van der Waals surface area contributed by atoms with Crippen LogP contribution >= 0.6 is 27.5 Å². The molecule has 1 N–H and O–H groups in total. The Morgan fingerprint density at radius 1 is 1.33 bits per heavy atom. The number of aliphatic hydroxyl groups is 1. The highest BCUT2D eigenvalue weighted by molar-refractivity contribution is 9.10. The maximum atomic E-state index is 10.3. The summed E-state index contributed by atoms with van der Waals surface area (Å²) in [6, 6.07) is 5.68. The van der Waals surface area contributed by atoms with E-state index in [4.69, 9.17) is 11.6 Å². The van der Waals surface area contributed by atoms with Crippen molar-refractivity contribution in [1.82, 2.24) is 4.90 Å². The third kappa shape index (κ3) is 4.95. The second-order valence-corrected chi connectivity index (χ2v) is 7.72. The number of likely N-dealkylation sites (tertiary alicyclic amines) is 1. The molecule has 4 heteroatoms. The number of aliphatic hydroxyl groups excluding tert-OH is 1. The average Bonchev–Trinajstić information content (AvgIpc) is 2.45. The standard InChI is InChI=1S/C17H25BrClNO/c1-12(2)13-5-8-20(9-6-13)10-7-17(21)15-4-3-14(18)11-16(15)19/h3-4,11-13,17,21H,5-10H2,1-2H3. The zero-order chi connectivity index (χ0) is 15.4. The van der Waals surface area contributed by atoms with E-state index >= 15 is 0 Å². The van der Waals surface area contributed by atoms with Crippen LogP contribution in [0.15, 0.2) is 22.7 Å². The average molecular weight is 375 g/mol. The smallest absolute Gasteiger partial charge is 0.0816 e. The number of rotatable bonds is 5. The van der Waals surface area contributed by atoms with Crippen LogP contribution in [0, 0.1) is 11.8 Å². The number of hydrogen-bond acceptors (Lipinski definition) is 2. The fraction of sp³-hybridized carbons (Fsp3) is 0.647. The number of piperidine rings is 1. The van der Waals surface area contributed by atoms with Crippen LogP contribution in [0.4, 0.5) is 0 Å². The highest BCUT2D eigenvalue weighted by Gasteiger charge is 2.22. The molecular formula is C17H25BrClNO. The predicted octanol–water partition coefficient (Wildman–Crippen LogP) is 4.89. The van der Waals surface area contributed by atoms with Gasteiger partial charge in [0.05, 0.1) is 6.10 Å². The van der Waals surface area contributed by atoms with Gasteiger partial charge in [-0.3, -0.25) is 0 Å². The van der Waals surface area contributed by atoms with Gasteiger partial charge in [0.15, 0.2) is 0 Å². The highest BCUT2D eigenvalue weighted by atomic mass is 79.9. The van der Waals surface area contributed by atoms with Gasteiger partial charge in [0.25, 0.3) is 0 Å². The number of nitrogens with zero attached hydrogens (tertiary/aromatic N) is 1. The van der Waals surface area contributed by atoms with Crippen LogP contribution in [0.25, 0.3) is 0 Å². The molecule has 1 aliphatic heterocycles. The maximum absolute atomic E-state index is 10.3. The molecular weight excluding hydrogens is 350 g/mol. The van der Waals surface area contributed by atoms with Gasteiger partial charge in [-0.25, -0.2) is 0 Å². The number of benzene rings is 1. The molecule has 0 saturated carbocycles. The molecule has 1 aliphatic rings. The van der Waals surface area contributed by atoms with Crippen LogP contribution in [0.5, 0.6) is 0 Å². The van der Waals surface area contributed by atoms with E-state index in [0.717, 1.165) is 47.9 Å². The lowest BCUT2D eigenvalue weighted by molar-refractivity contribution is 0.114. The zero-order valence-electron chi connectivity index (χ0n) is 12.9. The van der Waals surface area contributed by atoms with E-state index in [1.807, 2.05) is 18.2 Å². The molecule has 1 aromatic rings. The van der Waals surface area contributed by atoms with Crippen molar-refractivity contribution in [2.24, 2.45) is 11.8 Å². The van der Waals surface area contributed by atoms with Crippen LogP contribution < -0.4 is 0 Å². The van der Waals surface area contributed by atoms with Gasteiger partial charge >= 0.3 is 0 Å². The minimum absolute atomic E-state index is 0.478. The molecule has 1 atom stereocenters. The van der Waals surface area contributed by atoms with Gasteiger partial charge in [-0.15, -0.1) is 0 Å². The first-order valence-corrected chi connectivity index (χ1v) is 9.00. The molecule has 1 fully saturated rings. The van der Waals surface area contributed by atoms with Gasteiger partial charge in [0, 0.05) is 16.0 Å². The normalized spacial score (nSPS) is 19.1. The van der Waals surface area contributed by atoms with E-state index in [2.05, 4.69) is 34.7 Å². The SMILES string of the molecule is CC(C)C1CCN(CCC(O)c2ccc(Br)cc2Cl)CC1. The van der Waals surface area contributed by atoms with E-state index in [1.54, 1.807) is 0 Å². The Morgan fingerprint density at radius 3 is 2.57 bits per heavy atom. The summed E-state index contributed by atoms with van der Waals surface area (Å²) in [7, 11) is 0. The summed E-state index contributed by atoms with van der Waals surface area (Å²) in [5.74, 6) is 1.66. The van der Waals surface area contributed by atoms with Gasteiger partial charge in [0.1, 0.15) is 0 Å². The third-order valence-corrected chi connectivity index (χ3v) is 5.44. The molecule has 1 unspecified atom stereocenters. The summed E-state index contributed by atoms with van der Waals surface area (Å²) < 4.78 is 0.944. The molecule has 2 nitrogen and oxygen atoms in total. The summed E-state index contributed by atoms with van der Waals surface area (Å²) in [4.78, 5) is 2.47. The Hall–Kier alpha value is -0.0900. The first-order valence-electron chi connectivity index (χ1n) is 7.82. The summed E-state index contributed by atoms with van der Waals surface area (Å²) in [6.45, 7) is 7.89. The Kier molecular flexibility index (Phi) is 6.54. The Bertz CT molecular complexity index is 458. The van der Waals surface area contributed by atoms with Crippen molar-refractivity contribution in [3.8, 4) is 0 Å². The van der Waals surface area contributed by atoms with E-state index in [1.165, 1.54) is 12.8 Å².